The Hall–Kier alpha value is 0.0200. The fraction of sp³-hybridized carbons (Fsp3) is 0.333. The molecule has 1 fully saturated rings. The molecule has 2 nitrogen and oxygen atoms in total. The van der Waals surface area contributed by atoms with Crippen molar-refractivity contribution >= 4 is 18.9 Å². The molecule has 1 unspecified atom stereocenters. The molecule has 0 amide bonds. The van der Waals surface area contributed by atoms with Crippen LogP contribution in [0.25, 0.3) is 0 Å². The highest BCUT2D eigenvalue weighted by atomic mass is 32.7. The molecular weight excluding hydrogens is 165 g/mol. The quantitative estimate of drug-likeness (QED) is 0.605. The van der Waals surface area contributed by atoms with Crippen molar-refractivity contribution in [2.24, 2.45) is 0 Å². The van der Waals surface area contributed by atoms with E-state index in [1.165, 1.54) is 0 Å². The molecule has 0 spiro atoms. The van der Waals surface area contributed by atoms with Gasteiger partial charge < -0.3 is 8.86 Å². The molecule has 0 aliphatic carbocycles. The Morgan fingerprint density at radius 2 is 2.20 bits per heavy atom. The van der Waals surface area contributed by atoms with Crippen molar-refractivity contribution in [3.63, 3.8) is 0 Å². The zero-order valence-electron chi connectivity index (χ0n) is 5.43. The van der Waals surface area contributed by atoms with Crippen LogP contribution in [0, 0.1) is 0 Å². The highest BCUT2D eigenvalue weighted by Crippen LogP contribution is 2.55. The number of hydrogen-bond donors (Lipinski definition) is 0. The molecule has 10 heavy (non-hydrogen) atoms. The van der Waals surface area contributed by atoms with Crippen LogP contribution in [0.1, 0.15) is 0 Å². The Balaban J connectivity index is 2.12. The normalized spacial score (nSPS) is 25.4. The van der Waals surface area contributed by atoms with E-state index in [0.717, 1.165) is 12.4 Å². The standard InChI is InChI=1S/C6H8NOPS/c1-2-4-7(3-1)9-8-5-6-10-9/h1-4H,5-6H2. The molecule has 0 aromatic carbocycles. The lowest BCUT2D eigenvalue weighted by Crippen LogP contribution is -1.83. The van der Waals surface area contributed by atoms with Gasteiger partial charge in [-0.1, -0.05) is 11.4 Å². The van der Waals surface area contributed by atoms with Gasteiger partial charge in [0.2, 0.25) is 7.50 Å². The molecule has 0 bridgehead atoms. The van der Waals surface area contributed by atoms with Crippen LogP contribution in [0.3, 0.4) is 0 Å². The van der Waals surface area contributed by atoms with Crippen LogP contribution in [-0.4, -0.2) is 16.7 Å². The van der Waals surface area contributed by atoms with Crippen molar-refractivity contribution in [2.75, 3.05) is 12.4 Å². The van der Waals surface area contributed by atoms with E-state index in [1.54, 1.807) is 0 Å². The predicted molar refractivity (Wildman–Crippen MR) is 45.2 cm³/mol. The third-order valence-corrected chi connectivity index (χ3v) is 4.97. The van der Waals surface area contributed by atoms with E-state index >= 15 is 0 Å². The first kappa shape index (κ1) is 6.71. The minimum Gasteiger partial charge on any atom is -0.330 e. The van der Waals surface area contributed by atoms with Crippen LogP contribution >= 0.6 is 18.9 Å². The van der Waals surface area contributed by atoms with Crippen LogP contribution in [0.2, 0.25) is 0 Å². The van der Waals surface area contributed by atoms with E-state index in [2.05, 4.69) is 16.7 Å². The third-order valence-electron chi connectivity index (χ3n) is 1.26. The zero-order chi connectivity index (χ0) is 6.81. The SMILES string of the molecule is c1ccn(P2OCCS2)c1. The number of nitrogens with zero attached hydrogens (tertiary/aromatic N) is 1. The maximum Gasteiger partial charge on any atom is 0.202 e. The molecule has 0 saturated carbocycles. The summed E-state index contributed by atoms with van der Waals surface area (Å²) in [6.45, 7) is 0.911. The lowest BCUT2D eigenvalue weighted by atomic mass is 10.7. The van der Waals surface area contributed by atoms with Crippen LogP contribution < -0.4 is 0 Å². The highest BCUT2D eigenvalue weighted by Gasteiger charge is 2.17. The fourth-order valence-corrected chi connectivity index (χ4v) is 4.10. The molecule has 0 N–H and O–H groups in total. The largest absolute Gasteiger partial charge is 0.330 e. The third kappa shape index (κ3) is 1.22. The lowest BCUT2D eigenvalue weighted by Gasteiger charge is -2.07. The van der Waals surface area contributed by atoms with E-state index in [1.807, 2.05) is 23.5 Å². The molecule has 1 atom stereocenters. The minimum absolute atomic E-state index is 0.370. The van der Waals surface area contributed by atoms with Gasteiger partial charge in [-0.15, -0.1) is 0 Å². The van der Waals surface area contributed by atoms with Crippen LogP contribution in [0.15, 0.2) is 24.5 Å². The maximum absolute atomic E-state index is 5.49. The second-order valence-corrected chi connectivity index (χ2v) is 5.54. The van der Waals surface area contributed by atoms with Crippen molar-refractivity contribution in [1.29, 1.82) is 0 Å². The van der Waals surface area contributed by atoms with Gasteiger partial charge >= 0.3 is 0 Å². The summed E-state index contributed by atoms with van der Waals surface area (Å²) in [4.78, 5) is 0. The average molecular weight is 173 g/mol. The van der Waals surface area contributed by atoms with Crippen LogP contribution in [-0.2, 0) is 4.52 Å². The smallest absolute Gasteiger partial charge is 0.202 e. The van der Waals surface area contributed by atoms with Crippen molar-refractivity contribution in [3.8, 4) is 0 Å². The van der Waals surface area contributed by atoms with Crippen molar-refractivity contribution in [3.05, 3.63) is 24.5 Å². The first-order valence-electron chi connectivity index (χ1n) is 3.16. The van der Waals surface area contributed by atoms with Crippen molar-refractivity contribution < 1.29 is 4.52 Å². The summed E-state index contributed by atoms with van der Waals surface area (Å²) in [6, 6.07) is 4.06. The Kier molecular flexibility index (Phi) is 1.98. The van der Waals surface area contributed by atoms with Crippen molar-refractivity contribution in [2.45, 2.75) is 0 Å². The predicted octanol–water partition coefficient (Wildman–Crippen LogP) is 2.33. The van der Waals surface area contributed by atoms with E-state index in [0.29, 0.717) is 0 Å². The Bertz CT molecular complexity index is 196. The summed E-state index contributed by atoms with van der Waals surface area (Å²) in [5, 5.41) is 0. The Labute approximate surface area is 65.2 Å². The van der Waals surface area contributed by atoms with Gasteiger partial charge in [-0.05, 0) is 12.1 Å². The van der Waals surface area contributed by atoms with E-state index < -0.39 is 0 Å². The van der Waals surface area contributed by atoms with Gasteiger partial charge in [0.05, 0.1) is 6.61 Å². The van der Waals surface area contributed by atoms with E-state index in [9.17, 15) is 0 Å². The summed E-state index contributed by atoms with van der Waals surface area (Å²) in [6.07, 6.45) is 4.12. The van der Waals surface area contributed by atoms with Gasteiger partial charge in [0.1, 0.15) is 0 Å². The number of aromatic nitrogens is 1. The summed E-state index contributed by atoms with van der Waals surface area (Å²) in [5.41, 5.74) is 0. The first-order valence-corrected chi connectivity index (χ1v) is 5.96. The average Bonchev–Trinajstić information content (AvgIpc) is 2.59. The van der Waals surface area contributed by atoms with Crippen molar-refractivity contribution in [1.82, 2.24) is 4.34 Å². The summed E-state index contributed by atoms with van der Waals surface area (Å²) < 4.78 is 7.63. The molecule has 1 aliphatic rings. The molecule has 2 rings (SSSR count). The number of rotatable bonds is 1. The van der Waals surface area contributed by atoms with Crippen LogP contribution in [0.4, 0.5) is 0 Å². The Morgan fingerprint density at radius 3 is 2.80 bits per heavy atom. The number of hydrogen-bond acceptors (Lipinski definition) is 2. The lowest BCUT2D eigenvalue weighted by molar-refractivity contribution is 0.395. The molecule has 1 saturated heterocycles. The molecule has 54 valence electrons. The second kappa shape index (κ2) is 2.95. The van der Waals surface area contributed by atoms with Gasteiger partial charge in [-0.25, -0.2) is 0 Å². The first-order chi connectivity index (χ1) is 4.97. The van der Waals surface area contributed by atoms with Gasteiger partial charge in [-0.2, -0.15) is 0 Å². The zero-order valence-corrected chi connectivity index (χ0v) is 7.15. The van der Waals surface area contributed by atoms with Gasteiger partial charge in [0.25, 0.3) is 0 Å². The Morgan fingerprint density at radius 1 is 1.40 bits per heavy atom. The summed E-state index contributed by atoms with van der Waals surface area (Å²) in [7, 11) is -0.370. The molecule has 1 aliphatic heterocycles. The highest BCUT2D eigenvalue weighted by molar-refractivity contribution is 8.54. The van der Waals surface area contributed by atoms with Gasteiger partial charge in [-0.3, -0.25) is 0 Å². The van der Waals surface area contributed by atoms with Gasteiger partial charge in [0.15, 0.2) is 0 Å². The molecule has 2 heterocycles. The maximum atomic E-state index is 5.49. The fourth-order valence-electron chi connectivity index (χ4n) is 0.836. The second-order valence-electron chi connectivity index (χ2n) is 1.97. The molecule has 1 aromatic heterocycles. The molecule has 1 aromatic rings. The van der Waals surface area contributed by atoms with E-state index in [-0.39, 0.29) is 7.50 Å². The molecular formula is C6H8NOPS. The minimum atomic E-state index is -0.370. The summed E-state index contributed by atoms with van der Waals surface area (Å²) in [5.74, 6) is 1.14. The van der Waals surface area contributed by atoms with Crippen LogP contribution in [0.5, 0.6) is 0 Å². The van der Waals surface area contributed by atoms with E-state index in [4.69, 9.17) is 4.52 Å². The van der Waals surface area contributed by atoms with Gasteiger partial charge in [0, 0.05) is 18.1 Å². The topological polar surface area (TPSA) is 14.2 Å². The monoisotopic (exact) mass is 173 g/mol. The molecule has 0 radical (unpaired) electrons. The summed E-state index contributed by atoms with van der Waals surface area (Å²) >= 11 is 1.91. The molecule has 4 heteroatoms.